The van der Waals surface area contributed by atoms with Gasteiger partial charge in [-0.2, -0.15) is 0 Å². The molecule has 3 aromatic carbocycles. The SMILES string of the molecule is CCOc1c(Cl)cc(Cl)c(Cl)c1B(c1c(Cl)c(Cl)cc(Cl)c1OCC)c1c(Cl)c(Cl)cc(Cl)c1OCC. The number of halogens is 9. The fraction of sp³-hybridized carbons (Fsp3) is 0.250. The van der Waals surface area contributed by atoms with Crippen LogP contribution in [-0.4, -0.2) is 26.5 Å². The van der Waals surface area contributed by atoms with Gasteiger partial charge in [0.05, 0.1) is 65.0 Å². The van der Waals surface area contributed by atoms with Crippen molar-refractivity contribution in [3.8, 4) is 17.2 Å². The van der Waals surface area contributed by atoms with Crippen molar-refractivity contribution in [3.63, 3.8) is 0 Å². The first kappa shape index (κ1) is 31.3. The van der Waals surface area contributed by atoms with Crippen molar-refractivity contribution < 1.29 is 14.2 Å². The maximum absolute atomic E-state index is 6.85. The first-order valence-electron chi connectivity index (χ1n) is 10.9. The van der Waals surface area contributed by atoms with E-state index in [-0.39, 0.29) is 82.3 Å². The Labute approximate surface area is 261 Å². The highest BCUT2D eigenvalue weighted by Crippen LogP contribution is 2.40. The van der Waals surface area contributed by atoms with Gasteiger partial charge in [-0.3, -0.25) is 0 Å². The van der Waals surface area contributed by atoms with Gasteiger partial charge in [-0.15, -0.1) is 0 Å². The minimum absolute atomic E-state index is 0.115. The quantitative estimate of drug-likeness (QED) is 0.166. The van der Waals surface area contributed by atoms with Crippen molar-refractivity contribution in [1.29, 1.82) is 0 Å². The molecule has 0 fully saturated rings. The van der Waals surface area contributed by atoms with Gasteiger partial charge < -0.3 is 14.2 Å². The molecule has 0 atom stereocenters. The molecule has 0 heterocycles. The lowest BCUT2D eigenvalue weighted by molar-refractivity contribution is 0.341. The Kier molecular flexibility index (Phi) is 11.3. The van der Waals surface area contributed by atoms with Crippen LogP contribution in [0.25, 0.3) is 0 Å². The maximum atomic E-state index is 6.85. The number of hydrogen-bond donors (Lipinski definition) is 0. The smallest absolute Gasteiger partial charge is 0.261 e. The number of rotatable bonds is 9. The van der Waals surface area contributed by atoms with Crippen LogP contribution < -0.4 is 30.6 Å². The normalized spacial score (nSPS) is 11.0. The molecule has 0 unspecified atom stereocenters. The first-order valence-corrected chi connectivity index (χ1v) is 14.3. The molecular formula is C24H18BCl9O3. The van der Waals surface area contributed by atoms with Gasteiger partial charge in [0, 0.05) is 0 Å². The van der Waals surface area contributed by atoms with E-state index in [1.165, 1.54) is 18.2 Å². The van der Waals surface area contributed by atoms with Gasteiger partial charge in [-0.05, 0) is 55.4 Å². The van der Waals surface area contributed by atoms with Gasteiger partial charge in [0.25, 0.3) is 6.71 Å². The van der Waals surface area contributed by atoms with Crippen LogP contribution in [-0.2, 0) is 0 Å². The minimum Gasteiger partial charge on any atom is -0.493 e. The molecule has 3 nitrogen and oxygen atoms in total. The van der Waals surface area contributed by atoms with Gasteiger partial charge in [-0.25, -0.2) is 0 Å². The molecule has 0 amide bonds. The summed E-state index contributed by atoms with van der Waals surface area (Å²) in [4.78, 5) is 0. The van der Waals surface area contributed by atoms with E-state index in [0.29, 0.717) is 16.4 Å². The van der Waals surface area contributed by atoms with Crippen molar-refractivity contribution in [3.05, 3.63) is 63.4 Å². The van der Waals surface area contributed by atoms with Crippen LogP contribution in [0.2, 0.25) is 45.2 Å². The van der Waals surface area contributed by atoms with Crippen molar-refractivity contribution >= 4 is 128 Å². The average molecular weight is 684 g/mol. The fourth-order valence-electron chi connectivity index (χ4n) is 3.87. The molecule has 198 valence electrons. The van der Waals surface area contributed by atoms with Gasteiger partial charge in [0.1, 0.15) is 17.2 Å². The lowest BCUT2D eigenvalue weighted by Gasteiger charge is -2.27. The monoisotopic (exact) mass is 680 g/mol. The van der Waals surface area contributed by atoms with Crippen molar-refractivity contribution in [2.75, 3.05) is 19.8 Å². The zero-order valence-corrected chi connectivity index (χ0v) is 26.4. The van der Waals surface area contributed by atoms with Gasteiger partial charge in [0.15, 0.2) is 0 Å². The van der Waals surface area contributed by atoms with Crippen LogP contribution >= 0.6 is 104 Å². The standard InChI is InChI=1S/C24H18BCl9O3/c1-4-35-22-13(29)7-10(26)19(32)16(22)25(17-20(33)11(27)8-14(30)23(17)36-5-2)18-21(34)12(28)9-15(31)24(18)37-6-3/h7-9H,4-6H2,1-3H3. The molecular weight excluding hydrogens is 666 g/mol. The third kappa shape index (κ3) is 6.24. The van der Waals surface area contributed by atoms with Crippen molar-refractivity contribution in [1.82, 2.24) is 0 Å². The van der Waals surface area contributed by atoms with E-state index in [1.54, 1.807) is 20.8 Å². The molecule has 13 heteroatoms. The summed E-state index contributed by atoms with van der Waals surface area (Å²) in [7, 11) is 0. The molecule has 0 aromatic heterocycles. The van der Waals surface area contributed by atoms with Crippen molar-refractivity contribution in [2.24, 2.45) is 0 Å². The Balaban J connectivity index is 2.68. The van der Waals surface area contributed by atoms with E-state index in [9.17, 15) is 0 Å². The minimum atomic E-state index is -1.01. The zero-order chi connectivity index (χ0) is 27.6. The van der Waals surface area contributed by atoms with E-state index in [2.05, 4.69) is 0 Å². The Morgan fingerprint density at radius 2 is 0.703 bits per heavy atom. The van der Waals surface area contributed by atoms with Gasteiger partial charge >= 0.3 is 0 Å². The third-order valence-corrected chi connectivity index (χ3v) is 8.46. The molecule has 0 spiro atoms. The highest BCUT2D eigenvalue weighted by atomic mass is 35.5. The van der Waals surface area contributed by atoms with E-state index < -0.39 is 6.71 Å². The molecule has 37 heavy (non-hydrogen) atoms. The molecule has 0 radical (unpaired) electrons. The Morgan fingerprint density at radius 1 is 0.459 bits per heavy atom. The maximum Gasteiger partial charge on any atom is 0.261 e. The molecule has 0 N–H and O–H groups in total. The summed E-state index contributed by atoms with van der Waals surface area (Å²) in [6, 6.07) is 4.43. The highest BCUT2D eigenvalue weighted by molar-refractivity contribution is 7.01. The summed E-state index contributed by atoms with van der Waals surface area (Å²) < 4.78 is 17.9. The van der Waals surface area contributed by atoms with E-state index in [0.717, 1.165) is 0 Å². The second-order valence-corrected chi connectivity index (χ2v) is 11.0. The van der Waals surface area contributed by atoms with Gasteiger partial charge in [0.2, 0.25) is 0 Å². The van der Waals surface area contributed by atoms with E-state index in [4.69, 9.17) is 119 Å². The average Bonchev–Trinajstić information content (AvgIpc) is 2.83. The zero-order valence-electron chi connectivity index (χ0n) is 19.6. The molecule has 0 aliphatic rings. The summed E-state index contributed by atoms with van der Waals surface area (Å²) in [6.07, 6.45) is 0. The molecule has 0 aliphatic carbocycles. The Hall–Kier alpha value is -0.265. The molecule has 0 aliphatic heterocycles. The first-order chi connectivity index (χ1) is 17.5. The lowest BCUT2D eigenvalue weighted by Crippen LogP contribution is -2.55. The van der Waals surface area contributed by atoms with Crippen LogP contribution in [0.1, 0.15) is 20.8 Å². The van der Waals surface area contributed by atoms with Crippen LogP contribution in [0, 0.1) is 0 Å². The van der Waals surface area contributed by atoms with E-state index >= 15 is 0 Å². The predicted molar refractivity (Wildman–Crippen MR) is 163 cm³/mol. The van der Waals surface area contributed by atoms with Crippen LogP contribution in [0.4, 0.5) is 0 Å². The number of ether oxygens (including phenoxy) is 3. The number of benzene rings is 3. The molecule has 3 aromatic rings. The summed E-state index contributed by atoms with van der Waals surface area (Å²) in [6.45, 7) is 5.12. The number of hydrogen-bond acceptors (Lipinski definition) is 3. The highest BCUT2D eigenvalue weighted by Gasteiger charge is 2.40. The molecule has 0 bridgehead atoms. The van der Waals surface area contributed by atoms with E-state index in [1.807, 2.05) is 0 Å². The molecule has 0 saturated carbocycles. The summed E-state index contributed by atoms with van der Waals surface area (Å²) in [5.74, 6) is 0.688. The Bertz CT molecular complexity index is 1170. The fourth-order valence-corrected chi connectivity index (χ4v) is 6.22. The topological polar surface area (TPSA) is 27.7 Å². The lowest BCUT2D eigenvalue weighted by atomic mass is 9.36. The summed E-state index contributed by atoms with van der Waals surface area (Å²) in [5.41, 5.74) is 0.926. The third-order valence-electron chi connectivity index (χ3n) is 5.22. The van der Waals surface area contributed by atoms with Crippen molar-refractivity contribution in [2.45, 2.75) is 20.8 Å². The predicted octanol–water partition coefficient (Wildman–Crippen LogP) is 9.28. The van der Waals surface area contributed by atoms with Crippen LogP contribution in [0.3, 0.4) is 0 Å². The molecule has 0 saturated heterocycles. The second-order valence-electron chi connectivity index (χ2n) is 7.42. The van der Waals surface area contributed by atoms with Crippen LogP contribution in [0.15, 0.2) is 18.2 Å². The Morgan fingerprint density at radius 3 is 0.919 bits per heavy atom. The molecule has 3 rings (SSSR count). The van der Waals surface area contributed by atoms with Crippen LogP contribution in [0.5, 0.6) is 17.2 Å². The summed E-state index contributed by atoms with van der Waals surface area (Å²) >= 11 is 59.9. The second kappa shape index (κ2) is 13.4. The summed E-state index contributed by atoms with van der Waals surface area (Å²) in [5, 5.41) is 1.39. The largest absolute Gasteiger partial charge is 0.493 e. The van der Waals surface area contributed by atoms with Gasteiger partial charge in [-0.1, -0.05) is 104 Å².